The van der Waals surface area contributed by atoms with Gasteiger partial charge < -0.3 is 42.6 Å². The number of azide groups is 1. The molecule has 0 saturated heterocycles. The third kappa shape index (κ3) is 23.9. The maximum Gasteiger partial charge on any atom is 0.146 e. The zero-order valence-electron chi connectivity index (χ0n) is 20.5. The quantitative estimate of drug-likeness (QED) is 0.0568. The van der Waals surface area contributed by atoms with Crippen molar-refractivity contribution in [2.45, 2.75) is 13.8 Å². The van der Waals surface area contributed by atoms with Crippen molar-refractivity contribution >= 4 is 0 Å². The molecule has 0 aliphatic rings. The van der Waals surface area contributed by atoms with Crippen molar-refractivity contribution in [2.75, 3.05) is 120 Å². The van der Waals surface area contributed by atoms with Crippen LogP contribution in [0.15, 0.2) is 5.11 Å². The van der Waals surface area contributed by atoms with Crippen LogP contribution in [0.25, 0.3) is 10.4 Å². The van der Waals surface area contributed by atoms with Gasteiger partial charge in [0.2, 0.25) is 0 Å². The van der Waals surface area contributed by atoms with Gasteiger partial charge in [-0.05, 0) is 12.5 Å². The minimum absolute atomic E-state index is 0.258. The molecule has 0 radical (unpaired) electrons. The van der Waals surface area contributed by atoms with Crippen LogP contribution in [0.3, 0.4) is 0 Å². The first kappa shape index (κ1) is 31.9. The van der Waals surface area contributed by atoms with E-state index in [2.05, 4.69) is 16.9 Å². The van der Waals surface area contributed by atoms with Crippen LogP contribution >= 0.6 is 0 Å². The van der Waals surface area contributed by atoms with Crippen molar-refractivity contribution < 1.29 is 42.6 Å². The molecule has 0 bridgehead atoms. The third-order valence-electron chi connectivity index (χ3n) is 4.02. The fourth-order valence-corrected chi connectivity index (χ4v) is 2.40. The SMILES string of the molecule is CCOCC(C)(COCCOCCOCCN=[N+]=[N-])COCCOCCOCCOCOC. The summed E-state index contributed by atoms with van der Waals surface area (Å²) in [5.74, 6) is 0. The second-order valence-electron chi connectivity index (χ2n) is 7.27. The fraction of sp³-hybridized carbons (Fsp3) is 1.00. The van der Waals surface area contributed by atoms with Gasteiger partial charge in [0.1, 0.15) is 6.79 Å². The van der Waals surface area contributed by atoms with Gasteiger partial charge in [0, 0.05) is 30.6 Å². The van der Waals surface area contributed by atoms with E-state index in [-0.39, 0.29) is 12.2 Å². The van der Waals surface area contributed by atoms with Gasteiger partial charge >= 0.3 is 0 Å². The molecule has 0 N–H and O–H groups in total. The number of nitrogens with zero attached hydrogens (tertiary/aromatic N) is 3. The molecule has 196 valence electrons. The molecule has 0 amide bonds. The van der Waals surface area contributed by atoms with E-state index in [1.54, 1.807) is 7.11 Å². The standard InChI is InChI=1S/C21H43N3O9/c1-4-26-17-21(2,18-31-14-11-28-8-7-27-6-5-23-24-22)19-32-15-12-29-9-10-30-13-16-33-20-25-3/h4-20H2,1-3H3. The summed E-state index contributed by atoms with van der Waals surface area (Å²) in [6.07, 6.45) is 0. The van der Waals surface area contributed by atoms with Gasteiger partial charge in [0.25, 0.3) is 0 Å². The number of hydrogen-bond acceptors (Lipinski definition) is 10. The molecule has 0 rings (SSSR count). The molecule has 12 nitrogen and oxygen atoms in total. The van der Waals surface area contributed by atoms with Crippen molar-refractivity contribution in [2.24, 2.45) is 10.5 Å². The molecule has 0 heterocycles. The zero-order valence-corrected chi connectivity index (χ0v) is 20.5. The summed E-state index contributed by atoms with van der Waals surface area (Å²) in [5.41, 5.74) is 7.90. The largest absolute Gasteiger partial charge is 0.381 e. The van der Waals surface area contributed by atoms with Crippen molar-refractivity contribution in [3.63, 3.8) is 0 Å². The van der Waals surface area contributed by atoms with Crippen LogP contribution in [0.2, 0.25) is 0 Å². The van der Waals surface area contributed by atoms with Gasteiger partial charge in [-0.2, -0.15) is 0 Å². The van der Waals surface area contributed by atoms with Crippen molar-refractivity contribution in [3.8, 4) is 0 Å². The Morgan fingerprint density at radius 2 is 1.06 bits per heavy atom. The van der Waals surface area contributed by atoms with Gasteiger partial charge in [-0.3, -0.25) is 0 Å². The first-order valence-corrected chi connectivity index (χ1v) is 11.3. The van der Waals surface area contributed by atoms with Crippen LogP contribution in [-0.4, -0.2) is 120 Å². The number of methoxy groups -OCH3 is 1. The summed E-state index contributed by atoms with van der Waals surface area (Å²) in [5, 5.41) is 3.39. The minimum atomic E-state index is -0.258. The molecule has 0 saturated carbocycles. The first-order chi connectivity index (χ1) is 16.2. The van der Waals surface area contributed by atoms with Gasteiger partial charge in [-0.1, -0.05) is 12.0 Å². The molecule has 33 heavy (non-hydrogen) atoms. The summed E-state index contributed by atoms with van der Waals surface area (Å²) in [7, 11) is 1.58. The van der Waals surface area contributed by atoms with Crippen LogP contribution in [-0.2, 0) is 42.6 Å². The lowest BCUT2D eigenvalue weighted by Gasteiger charge is -2.28. The molecule has 1 atom stereocenters. The summed E-state index contributed by atoms with van der Waals surface area (Å²) in [6, 6.07) is 0. The van der Waals surface area contributed by atoms with Crippen molar-refractivity contribution in [1.29, 1.82) is 0 Å². The topological polar surface area (TPSA) is 132 Å². The Balaban J connectivity index is 3.70. The first-order valence-electron chi connectivity index (χ1n) is 11.3. The molecule has 0 spiro atoms. The molecule has 0 aromatic rings. The summed E-state index contributed by atoms with van der Waals surface area (Å²) < 4.78 is 48.6. The molecule has 0 aliphatic carbocycles. The van der Waals surface area contributed by atoms with E-state index >= 15 is 0 Å². The van der Waals surface area contributed by atoms with Crippen molar-refractivity contribution in [1.82, 2.24) is 0 Å². The molecule has 0 fully saturated rings. The molecule has 0 aliphatic heterocycles. The fourth-order valence-electron chi connectivity index (χ4n) is 2.40. The predicted octanol–water partition coefficient (Wildman–Crippen LogP) is 2.06. The van der Waals surface area contributed by atoms with E-state index in [0.29, 0.717) is 106 Å². The Morgan fingerprint density at radius 3 is 1.52 bits per heavy atom. The molecular weight excluding hydrogens is 438 g/mol. The lowest BCUT2D eigenvalue weighted by Crippen LogP contribution is -2.35. The number of ether oxygens (including phenoxy) is 9. The number of hydrogen-bond donors (Lipinski definition) is 0. The van der Waals surface area contributed by atoms with Gasteiger partial charge in [-0.25, -0.2) is 0 Å². The highest BCUT2D eigenvalue weighted by Gasteiger charge is 2.25. The second kappa shape index (κ2) is 25.6. The van der Waals surface area contributed by atoms with Crippen LogP contribution < -0.4 is 0 Å². The van der Waals surface area contributed by atoms with Gasteiger partial charge in [-0.15, -0.1) is 0 Å². The minimum Gasteiger partial charge on any atom is -0.381 e. The maximum atomic E-state index is 8.16. The van der Waals surface area contributed by atoms with E-state index in [0.717, 1.165) is 0 Å². The van der Waals surface area contributed by atoms with E-state index in [1.807, 2.05) is 6.92 Å². The normalized spacial score (nSPS) is 13.1. The Kier molecular flexibility index (Phi) is 24.8. The average molecular weight is 482 g/mol. The maximum absolute atomic E-state index is 8.16. The Labute approximate surface area is 197 Å². The Morgan fingerprint density at radius 1 is 0.636 bits per heavy atom. The lowest BCUT2D eigenvalue weighted by molar-refractivity contribution is -0.0769. The highest BCUT2D eigenvalue weighted by atomic mass is 16.7. The smallest absolute Gasteiger partial charge is 0.146 e. The Hall–Kier alpha value is -1.05. The summed E-state index contributed by atoms with van der Waals surface area (Å²) >= 11 is 0. The number of rotatable bonds is 27. The van der Waals surface area contributed by atoms with E-state index in [4.69, 9.17) is 48.2 Å². The molecule has 1 unspecified atom stereocenters. The van der Waals surface area contributed by atoms with E-state index < -0.39 is 0 Å². The summed E-state index contributed by atoms with van der Waals surface area (Å²) in [4.78, 5) is 2.65. The van der Waals surface area contributed by atoms with Crippen LogP contribution in [0.1, 0.15) is 13.8 Å². The highest BCUT2D eigenvalue weighted by molar-refractivity contribution is 4.73. The predicted molar refractivity (Wildman–Crippen MR) is 121 cm³/mol. The van der Waals surface area contributed by atoms with E-state index in [1.165, 1.54) is 0 Å². The van der Waals surface area contributed by atoms with Crippen LogP contribution in [0, 0.1) is 5.41 Å². The second-order valence-corrected chi connectivity index (χ2v) is 7.27. The van der Waals surface area contributed by atoms with Crippen LogP contribution in [0.5, 0.6) is 0 Å². The zero-order chi connectivity index (χ0) is 24.3. The molecular formula is C21H43N3O9. The third-order valence-corrected chi connectivity index (χ3v) is 4.02. The molecule has 0 aromatic carbocycles. The van der Waals surface area contributed by atoms with Crippen molar-refractivity contribution in [3.05, 3.63) is 10.4 Å². The Bertz CT molecular complexity index is 457. The monoisotopic (exact) mass is 481 g/mol. The van der Waals surface area contributed by atoms with E-state index in [9.17, 15) is 0 Å². The molecule has 0 aromatic heterocycles. The average Bonchev–Trinajstić information content (AvgIpc) is 2.82. The van der Waals surface area contributed by atoms with Gasteiger partial charge in [0.15, 0.2) is 0 Å². The highest BCUT2D eigenvalue weighted by Crippen LogP contribution is 2.18. The van der Waals surface area contributed by atoms with Gasteiger partial charge in [0.05, 0.1) is 92.5 Å². The molecule has 12 heteroatoms. The van der Waals surface area contributed by atoms with Crippen LogP contribution in [0.4, 0.5) is 0 Å². The lowest BCUT2D eigenvalue weighted by atomic mass is 9.94. The summed E-state index contributed by atoms with van der Waals surface area (Å²) in [6.45, 7) is 12.1.